The summed E-state index contributed by atoms with van der Waals surface area (Å²) < 4.78 is 0.813. The van der Waals surface area contributed by atoms with E-state index in [9.17, 15) is 4.79 Å². The molecule has 0 aliphatic carbocycles. The van der Waals surface area contributed by atoms with E-state index in [4.69, 9.17) is 5.73 Å². The highest BCUT2D eigenvalue weighted by molar-refractivity contribution is 9.10. The van der Waals surface area contributed by atoms with E-state index in [-0.39, 0.29) is 5.91 Å². The standard InChI is InChI=1S/C15H22BrN3O/c1-10(2)14-4-3-7-19(14)9-15(20)18-13-6-5-11(17)8-12(13)16/h5-6,8,10,14H,3-4,7,9,17H2,1-2H3,(H,18,20). The van der Waals surface area contributed by atoms with Gasteiger partial charge >= 0.3 is 0 Å². The van der Waals surface area contributed by atoms with Crippen molar-refractivity contribution in [2.75, 3.05) is 24.1 Å². The van der Waals surface area contributed by atoms with Crippen molar-refractivity contribution in [3.05, 3.63) is 22.7 Å². The smallest absolute Gasteiger partial charge is 0.238 e. The van der Waals surface area contributed by atoms with E-state index < -0.39 is 0 Å². The first-order valence-corrected chi connectivity index (χ1v) is 7.85. The number of nitrogens with one attached hydrogen (secondary N) is 1. The van der Waals surface area contributed by atoms with Crippen molar-refractivity contribution in [1.29, 1.82) is 0 Å². The van der Waals surface area contributed by atoms with Gasteiger partial charge in [-0.1, -0.05) is 13.8 Å². The SMILES string of the molecule is CC(C)C1CCCN1CC(=O)Nc1ccc(N)cc1Br. The van der Waals surface area contributed by atoms with Crippen LogP contribution in [0.25, 0.3) is 0 Å². The number of likely N-dealkylation sites (tertiary alicyclic amines) is 1. The molecule has 1 amide bonds. The van der Waals surface area contributed by atoms with Gasteiger partial charge in [0.05, 0.1) is 12.2 Å². The molecule has 1 fully saturated rings. The lowest BCUT2D eigenvalue weighted by Gasteiger charge is -2.26. The fourth-order valence-electron chi connectivity index (χ4n) is 2.81. The number of nitrogens with two attached hydrogens (primary N) is 1. The normalized spacial score (nSPS) is 19.5. The molecule has 4 nitrogen and oxygen atoms in total. The summed E-state index contributed by atoms with van der Waals surface area (Å²) in [7, 11) is 0. The van der Waals surface area contributed by atoms with Gasteiger partial charge in [0.2, 0.25) is 5.91 Å². The maximum absolute atomic E-state index is 12.2. The summed E-state index contributed by atoms with van der Waals surface area (Å²) in [6, 6.07) is 5.92. The molecular weight excluding hydrogens is 318 g/mol. The van der Waals surface area contributed by atoms with Gasteiger partial charge in [-0.15, -0.1) is 0 Å². The van der Waals surface area contributed by atoms with Crippen LogP contribution in [-0.2, 0) is 4.79 Å². The maximum Gasteiger partial charge on any atom is 0.238 e. The number of hydrogen-bond donors (Lipinski definition) is 2. The Balaban J connectivity index is 1.95. The van der Waals surface area contributed by atoms with Crippen LogP contribution in [0.3, 0.4) is 0 Å². The minimum atomic E-state index is 0.0306. The quantitative estimate of drug-likeness (QED) is 0.828. The van der Waals surface area contributed by atoms with Crippen LogP contribution in [0.5, 0.6) is 0 Å². The van der Waals surface area contributed by atoms with Crippen molar-refractivity contribution in [2.24, 2.45) is 5.92 Å². The molecule has 1 unspecified atom stereocenters. The minimum Gasteiger partial charge on any atom is -0.399 e. The van der Waals surface area contributed by atoms with Crippen LogP contribution in [0.2, 0.25) is 0 Å². The molecule has 2 rings (SSSR count). The molecule has 0 bridgehead atoms. The summed E-state index contributed by atoms with van der Waals surface area (Å²) in [6.07, 6.45) is 2.37. The number of carbonyl (C=O) groups is 1. The average molecular weight is 340 g/mol. The molecule has 1 aliphatic heterocycles. The van der Waals surface area contributed by atoms with E-state index >= 15 is 0 Å². The lowest BCUT2D eigenvalue weighted by atomic mass is 10.0. The van der Waals surface area contributed by atoms with Crippen LogP contribution in [-0.4, -0.2) is 29.9 Å². The molecule has 0 radical (unpaired) electrons. The summed E-state index contributed by atoms with van der Waals surface area (Å²) in [5.74, 6) is 0.622. The minimum absolute atomic E-state index is 0.0306. The van der Waals surface area contributed by atoms with Gasteiger partial charge in [0.15, 0.2) is 0 Å². The van der Waals surface area contributed by atoms with Gasteiger partial charge in [-0.3, -0.25) is 9.69 Å². The van der Waals surface area contributed by atoms with Crippen LogP contribution in [0.15, 0.2) is 22.7 Å². The van der Waals surface area contributed by atoms with Gasteiger partial charge in [0, 0.05) is 16.2 Å². The number of halogens is 1. The Labute approximate surface area is 128 Å². The Bertz CT molecular complexity index is 490. The molecule has 20 heavy (non-hydrogen) atoms. The summed E-state index contributed by atoms with van der Waals surface area (Å²) >= 11 is 3.42. The fraction of sp³-hybridized carbons (Fsp3) is 0.533. The number of amides is 1. The van der Waals surface area contributed by atoms with Crippen molar-refractivity contribution < 1.29 is 4.79 Å². The largest absolute Gasteiger partial charge is 0.399 e. The number of carbonyl (C=O) groups excluding carboxylic acids is 1. The number of rotatable bonds is 4. The maximum atomic E-state index is 12.2. The first-order valence-electron chi connectivity index (χ1n) is 7.06. The van der Waals surface area contributed by atoms with Gasteiger partial charge < -0.3 is 11.1 Å². The molecule has 1 aromatic carbocycles. The van der Waals surface area contributed by atoms with Crippen LogP contribution in [0.4, 0.5) is 11.4 Å². The zero-order valence-corrected chi connectivity index (χ0v) is 13.6. The van der Waals surface area contributed by atoms with E-state index in [0.717, 1.165) is 16.7 Å². The summed E-state index contributed by atoms with van der Waals surface area (Å²) in [5.41, 5.74) is 7.13. The van der Waals surface area contributed by atoms with Crippen LogP contribution in [0.1, 0.15) is 26.7 Å². The third-order valence-electron chi connectivity index (χ3n) is 3.80. The Morgan fingerprint density at radius 1 is 1.55 bits per heavy atom. The summed E-state index contributed by atoms with van der Waals surface area (Å²) in [6.45, 7) is 5.91. The molecule has 0 aromatic heterocycles. The number of benzene rings is 1. The second-order valence-corrected chi connectivity index (χ2v) is 6.57. The van der Waals surface area contributed by atoms with Crippen molar-refractivity contribution in [1.82, 2.24) is 4.90 Å². The molecule has 1 heterocycles. The second-order valence-electron chi connectivity index (χ2n) is 5.71. The zero-order chi connectivity index (χ0) is 14.7. The number of nitrogens with zero attached hydrogens (tertiary/aromatic N) is 1. The zero-order valence-electron chi connectivity index (χ0n) is 12.0. The van der Waals surface area contributed by atoms with Crippen molar-refractivity contribution in [2.45, 2.75) is 32.7 Å². The summed E-state index contributed by atoms with van der Waals surface area (Å²) in [5, 5.41) is 2.94. The molecule has 5 heteroatoms. The second kappa shape index (κ2) is 6.59. The fourth-order valence-corrected chi connectivity index (χ4v) is 3.31. The predicted molar refractivity (Wildman–Crippen MR) is 86.6 cm³/mol. The third-order valence-corrected chi connectivity index (χ3v) is 4.45. The number of hydrogen-bond acceptors (Lipinski definition) is 3. The highest BCUT2D eigenvalue weighted by Crippen LogP contribution is 2.26. The first kappa shape index (κ1) is 15.3. The highest BCUT2D eigenvalue weighted by Gasteiger charge is 2.28. The van der Waals surface area contributed by atoms with E-state index in [0.29, 0.717) is 24.2 Å². The van der Waals surface area contributed by atoms with Gasteiger partial charge in [-0.05, 0) is 59.4 Å². The number of anilines is 2. The molecule has 3 N–H and O–H groups in total. The van der Waals surface area contributed by atoms with Crippen LogP contribution >= 0.6 is 15.9 Å². The first-order chi connectivity index (χ1) is 9.47. The summed E-state index contributed by atoms with van der Waals surface area (Å²) in [4.78, 5) is 14.5. The van der Waals surface area contributed by atoms with Gasteiger partial charge in [0.25, 0.3) is 0 Å². The Kier molecular flexibility index (Phi) is 5.05. The van der Waals surface area contributed by atoms with Gasteiger partial charge in [-0.25, -0.2) is 0 Å². The Morgan fingerprint density at radius 2 is 2.30 bits per heavy atom. The monoisotopic (exact) mass is 339 g/mol. The lowest BCUT2D eigenvalue weighted by Crippen LogP contribution is -2.39. The van der Waals surface area contributed by atoms with E-state index in [1.807, 2.05) is 6.07 Å². The van der Waals surface area contributed by atoms with Gasteiger partial charge in [0.1, 0.15) is 0 Å². The van der Waals surface area contributed by atoms with Crippen molar-refractivity contribution in [3.8, 4) is 0 Å². The van der Waals surface area contributed by atoms with E-state index in [2.05, 4.69) is 40.0 Å². The Hall–Kier alpha value is -1.07. The van der Waals surface area contributed by atoms with Crippen molar-refractivity contribution in [3.63, 3.8) is 0 Å². The molecule has 1 aliphatic rings. The lowest BCUT2D eigenvalue weighted by molar-refractivity contribution is -0.117. The average Bonchev–Trinajstić information content (AvgIpc) is 2.81. The van der Waals surface area contributed by atoms with E-state index in [1.54, 1.807) is 12.1 Å². The number of nitrogen functional groups attached to an aromatic ring is 1. The third kappa shape index (κ3) is 3.73. The molecule has 1 saturated heterocycles. The molecule has 1 atom stereocenters. The van der Waals surface area contributed by atoms with Crippen LogP contribution < -0.4 is 11.1 Å². The van der Waals surface area contributed by atoms with Crippen molar-refractivity contribution >= 4 is 33.2 Å². The predicted octanol–water partition coefficient (Wildman–Crippen LogP) is 3.09. The molecular formula is C15H22BrN3O. The highest BCUT2D eigenvalue weighted by atomic mass is 79.9. The Morgan fingerprint density at radius 3 is 2.95 bits per heavy atom. The molecule has 1 aromatic rings. The van der Waals surface area contributed by atoms with Crippen LogP contribution in [0, 0.1) is 5.92 Å². The molecule has 0 spiro atoms. The topological polar surface area (TPSA) is 58.4 Å². The van der Waals surface area contributed by atoms with Gasteiger partial charge in [-0.2, -0.15) is 0 Å². The van der Waals surface area contributed by atoms with E-state index in [1.165, 1.54) is 12.8 Å². The molecule has 0 saturated carbocycles. The molecule has 110 valence electrons.